The molecule has 0 fully saturated rings. The zero-order valence-corrected chi connectivity index (χ0v) is 12.2. The molecule has 2 aromatic carbocycles. The van der Waals surface area contributed by atoms with Gasteiger partial charge in [-0.2, -0.15) is 0 Å². The molecule has 0 saturated heterocycles. The van der Waals surface area contributed by atoms with Gasteiger partial charge in [0.15, 0.2) is 0 Å². The highest BCUT2D eigenvalue weighted by atomic mass is 32.2. The third-order valence-electron chi connectivity index (χ3n) is 2.25. The lowest BCUT2D eigenvalue weighted by Gasteiger charge is -2.08. The Balaban J connectivity index is 2.05. The van der Waals surface area contributed by atoms with Gasteiger partial charge < -0.3 is 9.47 Å². The number of hydrogen-bond donors (Lipinski definition) is 0. The van der Waals surface area contributed by atoms with E-state index in [2.05, 4.69) is 0 Å². The molecule has 2 rings (SSSR count). The van der Waals surface area contributed by atoms with Crippen LogP contribution in [-0.4, -0.2) is 11.0 Å². The number of ether oxygens (including phenoxy) is 2. The van der Waals surface area contributed by atoms with E-state index in [0.29, 0.717) is 11.0 Å². The van der Waals surface area contributed by atoms with Crippen LogP contribution in [0.5, 0.6) is 11.5 Å². The molecular weight excluding hydrogens is 276 g/mol. The Kier molecular flexibility index (Phi) is 5.24. The van der Waals surface area contributed by atoms with Gasteiger partial charge in [-0.15, -0.1) is 0 Å². The summed E-state index contributed by atoms with van der Waals surface area (Å²) in [4.78, 5) is 1.01. The van der Waals surface area contributed by atoms with Crippen LogP contribution < -0.4 is 4.74 Å². The van der Waals surface area contributed by atoms with Crippen molar-refractivity contribution in [1.82, 2.24) is 0 Å². The van der Waals surface area contributed by atoms with Crippen molar-refractivity contribution in [3.63, 3.8) is 0 Å². The van der Waals surface area contributed by atoms with Crippen molar-refractivity contribution in [2.24, 2.45) is 0 Å². The number of benzene rings is 2. The predicted octanol–water partition coefficient (Wildman–Crippen LogP) is 4.89. The molecule has 0 unspecified atom stereocenters. The summed E-state index contributed by atoms with van der Waals surface area (Å²) in [6.45, 7) is 2.51. The molecule has 0 atom stereocenters. The Morgan fingerprint density at radius 3 is 2.53 bits per heavy atom. The minimum Gasteiger partial charge on any atom is -0.479 e. The van der Waals surface area contributed by atoms with Gasteiger partial charge in [-0.3, -0.25) is 0 Å². The van der Waals surface area contributed by atoms with Crippen molar-refractivity contribution < 1.29 is 9.47 Å². The summed E-state index contributed by atoms with van der Waals surface area (Å²) in [5, 5.41) is 0. The van der Waals surface area contributed by atoms with E-state index >= 15 is 0 Å². The van der Waals surface area contributed by atoms with Crippen LogP contribution in [0, 0.1) is 0 Å². The molecule has 19 heavy (non-hydrogen) atoms. The number of hydrogen-bond acceptors (Lipinski definition) is 4. The third kappa shape index (κ3) is 4.58. The first-order valence-corrected chi connectivity index (χ1v) is 7.18. The van der Waals surface area contributed by atoms with Crippen LogP contribution in [0.4, 0.5) is 0 Å². The maximum atomic E-state index is 5.76. The standard InChI is InChI=1S/C15H14O2S2/c1-2-16-15(18)19-14-10-6-9-13(11-14)17-12-7-4-3-5-8-12/h3-11H,2H2,1H3. The van der Waals surface area contributed by atoms with Gasteiger partial charge in [-0.05, 0) is 61.2 Å². The summed E-state index contributed by atoms with van der Waals surface area (Å²) in [6.07, 6.45) is 0. The Hall–Kier alpha value is -1.52. The molecule has 0 aliphatic carbocycles. The highest BCUT2D eigenvalue weighted by Gasteiger charge is 2.03. The predicted molar refractivity (Wildman–Crippen MR) is 83.0 cm³/mol. The first-order valence-electron chi connectivity index (χ1n) is 5.95. The van der Waals surface area contributed by atoms with E-state index < -0.39 is 0 Å². The molecule has 0 spiro atoms. The van der Waals surface area contributed by atoms with Crippen LogP contribution in [0.2, 0.25) is 0 Å². The molecule has 0 heterocycles. The fourth-order valence-electron chi connectivity index (χ4n) is 1.47. The van der Waals surface area contributed by atoms with E-state index in [-0.39, 0.29) is 0 Å². The van der Waals surface area contributed by atoms with Crippen LogP contribution >= 0.6 is 24.0 Å². The second-order valence-corrected chi connectivity index (χ2v) is 5.35. The molecule has 0 amide bonds. The molecule has 0 radical (unpaired) electrons. The van der Waals surface area contributed by atoms with Crippen LogP contribution in [0.25, 0.3) is 0 Å². The Morgan fingerprint density at radius 1 is 1.05 bits per heavy atom. The quantitative estimate of drug-likeness (QED) is 0.589. The smallest absolute Gasteiger partial charge is 0.224 e. The topological polar surface area (TPSA) is 18.5 Å². The van der Waals surface area contributed by atoms with Crippen LogP contribution in [-0.2, 0) is 4.74 Å². The summed E-state index contributed by atoms with van der Waals surface area (Å²) in [6, 6.07) is 17.5. The Bertz CT molecular complexity index is 541. The lowest BCUT2D eigenvalue weighted by molar-refractivity contribution is 0.346. The van der Waals surface area contributed by atoms with Crippen LogP contribution in [0.15, 0.2) is 59.5 Å². The van der Waals surface area contributed by atoms with Crippen molar-refractivity contribution in [2.75, 3.05) is 6.61 Å². The number of rotatable bonds is 4. The molecule has 2 nitrogen and oxygen atoms in total. The highest BCUT2D eigenvalue weighted by molar-refractivity contribution is 8.22. The Labute approximate surface area is 122 Å². The zero-order valence-electron chi connectivity index (χ0n) is 10.5. The molecule has 0 bridgehead atoms. The minimum absolute atomic E-state index is 0.527. The second-order valence-electron chi connectivity index (χ2n) is 3.68. The monoisotopic (exact) mass is 290 g/mol. The van der Waals surface area contributed by atoms with Gasteiger partial charge in [-0.1, -0.05) is 24.3 Å². The molecule has 4 heteroatoms. The van der Waals surface area contributed by atoms with Crippen molar-refractivity contribution in [1.29, 1.82) is 0 Å². The van der Waals surface area contributed by atoms with Gasteiger partial charge in [0.2, 0.25) is 4.38 Å². The van der Waals surface area contributed by atoms with Crippen molar-refractivity contribution >= 4 is 28.4 Å². The fourth-order valence-corrected chi connectivity index (χ4v) is 2.57. The Morgan fingerprint density at radius 2 is 1.79 bits per heavy atom. The molecule has 0 aliphatic heterocycles. The normalized spacial score (nSPS) is 9.95. The van der Waals surface area contributed by atoms with Crippen molar-refractivity contribution in [2.45, 2.75) is 11.8 Å². The lowest BCUT2D eigenvalue weighted by atomic mass is 10.3. The van der Waals surface area contributed by atoms with Gasteiger partial charge >= 0.3 is 0 Å². The van der Waals surface area contributed by atoms with Crippen LogP contribution in [0.1, 0.15) is 6.92 Å². The van der Waals surface area contributed by atoms with E-state index in [4.69, 9.17) is 21.7 Å². The maximum Gasteiger partial charge on any atom is 0.224 e. The van der Waals surface area contributed by atoms with Gasteiger partial charge in [0, 0.05) is 4.90 Å². The summed E-state index contributed by atoms with van der Waals surface area (Å²) in [5.74, 6) is 1.60. The van der Waals surface area contributed by atoms with E-state index in [0.717, 1.165) is 16.4 Å². The SMILES string of the molecule is CCOC(=S)Sc1cccc(Oc2ccccc2)c1. The molecule has 0 aliphatic rings. The first-order chi connectivity index (χ1) is 9.28. The summed E-state index contributed by atoms with van der Waals surface area (Å²) < 4.78 is 11.5. The average molecular weight is 290 g/mol. The van der Waals surface area contributed by atoms with Crippen molar-refractivity contribution in [3.05, 3.63) is 54.6 Å². The highest BCUT2D eigenvalue weighted by Crippen LogP contribution is 2.27. The molecule has 98 valence electrons. The summed E-state index contributed by atoms with van der Waals surface area (Å²) in [5.41, 5.74) is 0. The van der Waals surface area contributed by atoms with E-state index in [1.165, 1.54) is 11.8 Å². The van der Waals surface area contributed by atoms with Gasteiger partial charge in [-0.25, -0.2) is 0 Å². The molecule has 2 aromatic rings. The second kappa shape index (κ2) is 7.16. The zero-order chi connectivity index (χ0) is 13.5. The first kappa shape index (κ1) is 13.9. The van der Waals surface area contributed by atoms with E-state index in [1.54, 1.807) is 0 Å². The lowest BCUT2D eigenvalue weighted by Crippen LogP contribution is -1.95. The largest absolute Gasteiger partial charge is 0.479 e. The molecular formula is C15H14O2S2. The number of thiocarbonyl (C=S) groups is 1. The number of thioether (sulfide) groups is 1. The van der Waals surface area contributed by atoms with Gasteiger partial charge in [0.1, 0.15) is 11.5 Å². The minimum atomic E-state index is 0.527. The summed E-state index contributed by atoms with van der Waals surface area (Å²) in [7, 11) is 0. The van der Waals surface area contributed by atoms with Gasteiger partial charge in [0.05, 0.1) is 6.61 Å². The van der Waals surface area contributed by atoms with Crippen molar-refractivity contribution in [3.8, 4) is 11.5 Å². The molecule has 0 N–H and O–H groups in total. The average Bonchev–Trinajstić information content (AvgIpc) is 2.40. The van der Waals surface area contributed by atoms with E-state index in [1.807, 2.05) is 61.5 Å². The maximum absolute atomic E-state index is 5.76. The molecule has 0 aromatic heterocycles. The van der Waals surface area contributed by atoms with Gasteiger partial charge in [0.25, 0.3) is 0 Å². The van der Waals surface area contributed by atoms with Crippen LogP contribution in [0.3, 0.4) is 0 Å². The summed E-state index contributed by atoms with van der Waals surface area (Å²) >= 11 is 6.53. The number of para-hydroxylation sites is 1. The fraction of sp³-hybridized carbons (Fsp3) is 0.133. The van der Waals surface area contributed by atoms with E-state index in [9.17, 15) is 0 Å². The molecule has 0 saturated carbocycles. The third-order valence-corrected chi connectivity index (χ3v) is 3.39.